The zero-order valence-electron chi connectivity index (χ0n) is 18.4. The second kappa shape index (κ2) is 13.5. The molecule has 0 saturated carbocycles. The van der Waals surface area contributed by atoms with E-state index >= 15 is 0 Å². The van der Waals surface area contributed by atoms with Crippen LogP contribution < -0.4 is 16.0 Å². The van der Waals surface area contributed by atoms with E-state index in [0.29, 0.717) is 27.1 Å². The fourth-order valence-electron chi connectivity index (χ4n) is 2.71. The number of aryl methyl sites for hydroxylation is 1. The number of aliphatic hydroxyl groups excluding tert-OH is 1. The molecule has 1 aromatic heterocycles. The predicted octanol–water partition coefficient (Wildman–Crippen LogP) is 1.75. The number of hydrogen-bond acceptors (Lipinski definition) is 10. The van der Waals surface area contributed by atoms with Gasteiger partial charge >= 0.3 is 11.9 Å². The molecule has 0 fully saturated rings. The van der Waals surface area contributed by atoms with Crippen molar-refractivity contribution in [2.75, 3.05) is 43.6 Å². The van der Waals surface area contributed by atoms with Crippen LogP contribution in [0.2, 0.25) is 0 Å². The highest BCUT2D eigenvalue weighted by Crippen LogP contribution is 2.27. The number of aliphatic carboxylic acids is 1. The molecule has 0 radical (unpaired) electrons. The van der Waals surface area contributed by atoms with Crippen LogP contribution in [0.1, 0.15) is 28.7 Å². The maximum atomic E-state index is 12.2. The van der Waals surface area contributed by atoms with E-state index < -0.39 is 23.9 Å². The standard InChI is InChI=1S/C21H28N4O7S/c1-3-32-20(30)18-13(2)23-21(33-18)25-15-6-4-14(5-7-15)24-17(27)12-16(19(28)29)22-8-10-31-11-9-26/h4-7,16,22,26H,3,8-12H2,1-2H3,(H,23,25)(H,24,27)(H,28,29)/t16-/m0/s1. The van der Waals surface area contributed by atoms with Gasteiger partial charge in [-0.1, -0.05) is 11.3 Å². The number of anilines is 3. The number of aromatic nitrogens is 1. The molecular weight excluding hydrogens is 452 g/mol. The Bertz CT molecular complexity index is 933. The zero-order chi connectivity index (χ0) is 24.2. The molecule has 33 heavy (non-hydrogen) atoms. The predicted molar refractivity (Wildman–Crippen MR) is 123 cm³/mol. The molecule has 0 aliphatic carbocycles. The van der Waals surface area contributed by atoms with E-state index in [9.17, 15) is 19.5 Å². The Balaban J connectivity index is 1.88. The van der Waals surface area contributed by atoms with E-state index in [1.165, 1.54) is 11.3 Å². The van der Waals surface area contributed by atoms with Gasteiger partial charge in [-0.3, -0.25) is 9.59 Å². The van der Waals surface area contributed by atoms with Gasteiger partial charge < -0.3 is 35.6 Å². The van der Waals surface area contributed by atoms with Gasteiger partial charge in [0.1, 0.15) is 10.9 Å². The number of ether oxygens (including phenoxy) is 2. The minimum absolute atomic E-state index is 0.114. The van der Waals surface area contributed by atoms with Crippen LogP contribution in [-0.2, 0) is 19.1 Å². The summed E-state index contributed by atoms with van der Waals surface area (Å²) in [6, 6.07) is 5.71. The van der Waals surface area contributed by atoms with Gasteiger partial charge in [0.25, 0.3) is 0 Å². The summed E-state index contributed by atoms with van der Waals surface area (Å²) in [5.74, 6) is -2.01. The molecule has 0 spiro atoms. The molecule has 1 heterocycles. The number of thiazole rings is 1. The van der Waals surface area contributed by atoms with Gasteiger partial charge in [-0.2, -0.15) is 0 Å². The van der Waals surface area contributed by atoms with Crippen LogP contribution in [0.25, 0.3) is 0 Å². The summed E-state index contributed by atoms with van der Waals surface area (Å²) in [4.78, 5) is 40.3. The SMILES string of the molecule is CCOC(=O)c1sc(Nc2ccc(NC(=O)C[C@H](NCCOCCO)C(=O)O)cc2)nc1C. The first kappa shape index (κ1) is 26.2. The molecule has 0 aliphatic heterocycles. The van der Waals surface area contributed by atoms with E-state index in [0.717, 1.165) is 0 Å². The van der Waals surface area contributed by atoms with Crippen molar-refractivity contribution in [3.05, 3.63) is 34.8 Å². The zero-order valence-corrected chi connectivity index (χ0v) is 19.2. The summed E-state index contributed by atoms with van der Waals surface area (Å²) in [6.45, 7) is 4.26. The number of amides is 1. The number of rotatable bonds is 14. The van der Waals surface area contributed by atoms with Crippen molar-refractivity contribution in [1.82, 2.24) is 10.3 Å². The van der Waals surface area contributed by atoms with Gasteiger partial charge in [0.15, 0.2) is 5.13 Å². The summed E-state index contributed by atoms with van der Waals surface area (Å²) < 4.78 is 10.1. The van der Waals surface area contributed by atoms with Crippen LogP contribution in [0.5, 0.6) is 0 Å². The summed E-state index contributed by atoms with van der Waals surface area (Å²) in [6.07, 6.45) is -0.260. The lowest BCUT2D eigenvalue weighted by Gasteiger charge is -2.14. The lowest BCUT2D eigenvalue weighted by molar-refractivity contribution is -0.141. The van der Waals surface area contributed by atoms with E-state index in [1.807, 2.05) is 0 Å². The Kier molecular flexibility index (Phi) is 10.7. The number of carbonyl (C=O) groups is 3. The van der Waals surface area contributed by atoms with Gasteiger partial charge in [-0.05, 0) is 38.1 Å². The maximum Gasteiger partial charge on any atom is 0.350 e. The summed E-state index contributed by atoms with van der Waals surface area (Å²) in [5, 5.41) is 27.0. The molecule has 2 aromatic rings. The average Bonchev–Trinajstić information content (AvgIpc) is 3.14. The Labute approximate surface area is 195 Å². The number of carboxylic acid groups (broad SMARTS) is 1. The normalized spacial score (nSPS) is 11.6. The molecule has 1 aromatic carbocycles. The first-order valence-corrected chi connectivity index (χ1v) is 11.1. The van der Waals surface area contributed by atoms with Crippen molar-refractivity contribution >= 4 is 45.7 Å². The topological polar surface area (TPSA) is 159 Å². The van der Waals surface area contributed by atoms with Crippen LogP contribution in [-0.4, -0.2) is 72.1 Å². The first-order valence-electron chi connectivity index (χ1n) is 10.3. The molecule has 11 nitrogen and oxygen atoms in total. The molecule has 1 amide bonds. The van der Waals surface area contributed by atoms with Gasteiger partial charge in [0.05, 0.1) is 38.5 Å². The number of aliphatic hydroxyl groups is 1. The van der Waals surface area contributed by atoms with Gasteiger partial charge in [0, 0.05) is 17.9 Å². The fourth-order valence-corrected chi connectivity index (χ4v) is 3.59. The van der Waals surface area contributed by atoms with Crippen molar-refractivity contribution in [2.24, 2.45) is 0 Å². The number of esters is 1. The number of benzene rings is 1. The van der Waals surface area contributed by atoms with Crippen LogP contribution in [0.4, 0.5) is 16.5 Å². The quantitative estimate of drug-likeness (QED) is 0.199. The van der Waals surface area contributed by atoms with Crippen molar-refractivity contribution in [3.63, 3.8) is 0 Å². The molecule has 0 bridgehead atoms. The molecule has 2 rings (SSSR count). The second-order valence-corrected chi connectivity index (χ2v) is 7.79. The lowest BCUT2D eigenvalue weighted by atomic mass is 10.2. The van der Waals surface area contributed by atoms with Crippen LogP contribution in [0, 0.1) is 6.92 Å². The minimum Gasteiger partial charge on any atom is -0.480 e. The maximum absolute atomic E-state index is 12.2. The third kappa shape index (κ3) is 8.77. The van der Waals surface area contributed by atoms with Crippen molar-refractivity contribution in [2.45, 2.75) is 26.3 Å². The fraction of sp³-hybridized carbons (Fsp3) is 0.429. The highest BCUT2D eigenvalue weighted by molar-refractivity contribution is 7.17. The summed E-state index contributed by atoms with van der Waals surface area (Å²) in [7, 11) is 0. The Morgan fingerprint density at radius 1 is 1.15 bits per heavy atom. The van der Waals surface area contributed by atoms with E-state index in [1.54, 1.807) is 38.1 Å². The molecular formula is C21H28N4O7S. The second-order valence-electron chi connectivity index (χ2n) is 6.79. The van der Waals surface area contributed by atoms with Crippen molar-refractivity contribution in [1.29, 1.82) is 0 Å². The van der Waals surface area contributed by atoms with E-state index in [4.69, 9.17) is 14.6 Å². The summed E-state index contributed by atoms with van der Waals surface area (Å²) in [5.41, 5.74) is 1.78. The molecule has 0 saturated heterocycles. The first-order chi connectivity index (χ1) is 15.8. The number of nitrogens with one attached hydrogen (secondary N) is 3. The summed E-state index contributed by atoms with van der Waals surface area (Å²) >= 11 is 1.19. The number of nitrogens with zero attached hydrogens (tertiary/aromatic N) is 1. The third-order valence-corrected chi connectivity index (χ3v) is 5.29. The minimum atomic E-state index is -1.15. The van der Waals surface area contributed by atoms with Crippen LogP contribution in [0.15, 0.2) is 24.3 Å². The Morgan fingerprint density at radius 2 is 1.85 bits per heavy atom. The number of hydrogen-bond donors (Lipinski definition) is 5. The highest BCUT2D eigenvalue weighted by Gasteiger charge is 2.21. The van der Waals surface area contributed by atoms with E-state index in [2.05, 4.69) is 20.9 Å². The average molecular weight is 481 g/mol. The van der Waals surface area contributed by atoms with Gasteiger partial charge in [-0.15, -0.1) is 0 Å². The van der Waals surface area contributed by atoms with Crippen molar-refractivity contribution in [3.8, 4) is 0 Å². The molecule has 5 N–H and O–H groups in total. The van der Waals surface area contributed by atoms with Crippen LogP contribution >= 0.6 is 11.3 Å². The van der Waals surface area contributed by atoms with E-state index in [-0.39, 0.29) is 39.4 Å². The molecule has 12 heteroatoms. The molecule has 1 atom stereocenters. The molecule has 180 valence electrons. The molecule has 0 unspecified atom stereocenters. The largest absolute Gasteiger partial charge is 0.480 e. The lowest BCUT2D eigenvalue weighted by Crippen LogP contribution is -2.41. The third-order valence-electron chi connectivity index (χ3n) is 4.24. The Morgan fingerprint density at radius 3 is 2.48 bits per heavy atom. The monoisotopic (exact) mass is 480 g/mol. The van der Waals surface area contributed by atoms with Gasteiger partial charge in [0.2, 0.25) is 5.91 Å². The molecule has 0 aliphatic rings. The van der Waals surface area contributed by atoms with Crippen LogP contribution in [0.3, 0.4) is 0 Å². The Hall–Kier alpha value is -3.06. The van der Waals surface area contributed by atoms with Gasteiger partial charge in [-0.25, -0.2) is 9.78 Å². The highest BCUT2D eigenvalue weighted by atomic mass is 32.1. The number of carboxylic acids is 1. The van der Waals surface area contributed by atoms with Crippen molar-refractivity contribution < 1.29 is 34.1 Å². The smallest absolute Gasteiger partial charge is 0.350 e. The number of carbonyl (C=O) groups excluding carboxylic acids is 2.